The molecule has 0 unspecified atom stereocenters. The summed E-state index contributed by atoms with van der Waals surface area (Å²) in [7, 11) is 0. The molecule has 0 aromatic rings. The van der Waals surface area contributed by atoms with Crippen molar-refractivity contribution in [2.75, 3.05) is 13.2 Å². The highest BCUT2D eigenvalue weighted by Gasteiger charge is 2.24. The first-order valence-corrected chi connectivity index (χ1v) is 5.88. The quantitative estimate of drug-likeness (QED) is 0.477. The number of allylic oxidation sites excluding steroid dienone is 1. The Balaban J connectivity index is 3.92. The van der Waals surface area contributed by atoms with Gasteiger partial charge in [0.15, 0.2) is 6.10 Å². The van der Waals surface area contributed by atoms with Crippen molar-refractivity contribution in [2.45, 2.75) is 38.9 Å². The van der Waals surface area contributed by atoms with E-state index in [1.807, 2.05) is 0 Å². The molecule has 0 saturated heterocycles. The summed E-state index contributed by atoms with van der Waals surface area (Å²) in [6.45, 7) is 3.75. The minimum absolute atomic E-state index is 0.144. The fourth-order valence-electron chi connectivity index (χ4n) is 1.18. The Hall–Kier alpha value is -1.40. The molecule has 104 valence electrons. The molecule has 0 heterocycles. The van der Waals surface area contributed by atoms with Crippen LogP contribution in [-0.2, 0) is 19.1 Å². The first-order valence-electron chi connectivity index (χ1n) is 5.88. The number of esters is 2. The molecular formula is C12H20O6. The highest BCUT2D eigenvalue weighted by molar-refractivity contribution is 5.81. The van der Waals surface area contributed by atoms with E-state index in [-0.39, 0.29) is 13.0 Å². The van der Waals surface area contributed by atoms with Crippen LogP contribution in [0.15, 0.2) is 12.2 Å². The van der Waals surface area contributed by atoms with Gasteiger partial charge in [0.2, 0.25) is 0 Å². The summed E-state index contributed by atoms with van der Waals surface area (Å²) in [5, 5.41) is 18.9. The lowest BCUT2D eigenvalue weighted by molar-refractivity contribution is -0.159. The van der Waals surface area contributed by atoms with Gasteiger partial charge >= 0.3 is 11.9 Å². The summed E-state index contributed by atoms with van der Waals surface area (Å²) >= 11 is 0. The molecule has 0 aliphatic carbocycles. The second-order valence-corrected chi connectivity index (χ2v) is 3.50. The van der Waals surface area contributed by atoms with Crippen LogP contribution in [0.1, 0.15) is 26.7 Å². The third kappa shape index (κ3) is 7.03. The van der Waals surface area contributed by atoms with Crippen LogP contribution in [0.3, 0.4) is 0 Å². The topological polar surface area (TPSA) is 93.1 Å². The number of aliphatic hydroxyl groups excluding tert-OH is 2. The number of aliphatic hydroxyl groups is 2. The molecule has 0 aromatic heterocycles. The van der Waals surface area contributed by atoms with Gasteiger partial charge < -0.3 is 19.7 Å². The zero-order valence-electron chi connectivity index (χ0n) is 10.7. The van der Waals surface area contributed by atoms with Crippen molar-refractivity contribution in [1.82, 2.24) is 0 Å². The van der Waals surface area contributed by atoms with E-state index in [0.717, 1.165) is 0 Å². The Morgan fingerprint density at radius 3 is 2.33 bits per heavy atom. The molecule has 2 N–H and O–H groups in total. The van der Waals surface area contributed by atoms with Crippen LogP contribution in [0.4, 0.5) is 0 Å². The Labute approximate surface area is 106 Å². The van der Waals surface area contributed by atoms with E-state index in [1.165, 1.54) is 12.2 Å². The van der Waals surface area contributed by atoms with Gasteiger partial charge in [-0.2, -0.15) is 0 Å². The molecular weight excluding hydrogens is 240 g/mol. The molecule has 6 heteroatoms. The van der Waals surface area contributed by atoms with Gasteiger partial charge in [-0.15, -0.1) is 0 Å². The number of rotatable bonds is 8. The Bertz CT molecular complexity index is 286. The van der Waals surface area contributed by atoms with Crippen molar-refractivity contribution in [3.05, 3.63) is 12.2 Å². The molecule has 2 atom stereocenters. The zero-order chi connectivity index (χ0) is 14.0. The minimum Gasteiger partial charge on any atom is -0.464 e. The summed E-state index contributed by atoms with van der Waals surface area (Å²) in [5.41, 5.74) is 0. The smallest absolute Gasteiger partial charge is 0.337 e. The van der Waals surface area contributed by atoms with Gasteiger partial charge in [0.05, 0.1) is 19.3 Å². The normalized spacial score (nSPS) is 14.2. The fourth-order valence-corrected chi connectivity index (χ4v) is 1.18. The molecule has 18 heavy (non-hydrogen) atoms. The molecule has 0 aliphatic rings. The third-order valence-electron chi connectivity index (χ3n) is 2.06. The predicted molar refractivity (Wildman–Crippen MR) is 63.7 cm³/mol. The monoisotopic (exact) mass is 260 g/mol. The molecule has 0 fully saturated rings. The molecule has 0 bridgehead atoms. The van der Waals surface area contributed by atoms with Gasteiger partial charge in [0.25, 0.3) is 0 Å². The maximum Gasteiger partial charge on any atom is 0.337 e. The largest absolute Gasteiger partial charge is 0.464 e. The van der Waals surface area contributed by atoms with Crippen LogP contribution < -0.4 is 0 Å². The second-order valence-electron chi connectivity index (χ2n) is 3.50. The van der Waals surface area contributed by atoms with E-state index in [0.29, 0.717) is 13.0 Å². The summed E-state index contributed by atoms with van der Waals surface area (Å²) in [6.07, 6.45) is 0.482. The molecule has 6 nitrogen and oxygen atoms in total. The van der Waals surface area contributed by atoms with Gasteiger partial charge in [-0.05, 0) is 26.7 Å². The molecule has 0 amide bonds. The van der Waals surface area contributed by atoms with Crippen LogP contribution in [0.25, 0.3) is 0 Å². The average Bonchev–Trinajstić information content (AvgIpc) is 2.34. The molecule has 0 aliphatic heterocycles. The average molecular weight is 260 g/mol. The summed E-state index contributed by atoms with van der Waals surface area (Å²) in [4.78, 5) is 22.0. The lowest BCUT2D eigenvalue weighted by Gasteiger charge is -2.15. The number of ether oxygens (including phenoxy) is 2. The van der Waals surface area contributed by atoms with Crippen molar-refractivity contribution in [2.24, 2.45) is 0 Å². The molecule has 0 rings (SSSR count). The van der Waals surface area contributed by atoms with Crippen LogP contribution in [-0.4, -0.2) is 47.6 Å². The van der Waals surface area contributed by atoms with Gasteiger partial charge in [-0.1, -0.05) is 6.08 Å². The summed E-state index contributed by atoms with van der Waals surface area (Å²) in [5.74, 6) is -1.31. The Morgan fingerprint density at radius 1 is 1.17 bits per heavy atom. The van der Waals surface area contributed by atoms with Crippen molar-refractivity contribution in [3.63, 3.8) is 0 Å². The van der Waals surface area contributed by atoms with Crippen molar-refractivity contribution < 1.29 is 29.3 Å². The van der Waals surface area contributed by atoms with E-state index < -0.39 is 24.1 Å². The van der Waals surface area contributed by atoms with E-state index in [1.54, 1.807) is 13.8 Å². The highest BCUT2D eigenvalue weighted by Crippen LogP contribution is 2.05. The maximum absolute atomic E-state index is 11.1. The van der Waals surface area contributed by atoms with E-state index in [9.17, 15) is 19.8 Å². The molecule has 0 spiro atoms. The molecule has 0 radical (unpaired) electrons. The Kier molecular flexibility index (Phi) is 8.86. The highest BCUT2D eigenvalue weighted by atomic mass is 16.5. The van der Waals surface area contributed by atoms with E-state index in [2.05, 4.69) is 9.47 Å². The van der Waals surface area contributed by atoms with Gasteiger partial charge in [0, 0.05) is 6.08 Å². The van der Waals surface area contributed by atoms with Gasteiger partial charge in [0.1, 0.15) is 0 Å². The summed E-state index contributed by atoms with van der Waals surface area (Å²) in [6, 6.07) is 0. The number of carbonyl (C=O) groups excluding carboxylic acids is 2. The number of hydrogen-bond donors (Lipinski definition) is 2. The van der Waals surface area contributed by atoms with Crippen LogP contribution >= 0.6 is 0 Å². The van der Waals surface area contributed by atoms with Crippen LogP contribution in [0.2, 0.25) is 0 Å². The van der Waals surface area contributed by atoms with Gasteiger partial charge in [-0.3, -0.25) is 0 Å². The SMILES string of the molecule is CCOC(=O)/C=C/CC[C@@H](O)[C@H](O)C(=O)OCC. The van der Waals surface area contributed by atoms with E-state index >= 15 is 0 Å². The number of carbonyl (C=O) groups is 2. The number of hydrogen-bond acceptors (Lipinski definition) is 6. The lowest BCUT2D eigenvalue weighted by Crippen LogP contribution is -2.35. The first-order chi connectivity index (χ1) is 8.52. The van der Waals surface area contributed by atoms with Crippen LogP contribution in [0, 0.1) is 0 Å². The van der Waals surface area contributed by atoms with E-state index in [4.69, 9.17) is 0 Å². The molecule has 0 saturated carbocycles. The molecule has 0 aromatic carbocycles. The van der Waals surface area contributed by atoms with Gasteiger partial charge in [-0.25, -0.2) is 9.59 Å². The zero-order valence-corrected chi connectivity index (χ0v) is 10.7. The maximum atomic E-state index is 11.1. The first kappa shape index (κ1) is 16.6. The summed E-state index contributed by atoms with van der Waals surface area (Å²) < 4.78 is 9.22. The fraction of sp³-hybridized carbons (Fsp3) is 0.667. The predicted octanol–water partition coefficient (Wildman–Crippen LogP) is 0.171. The van der Waals surface area contributed by atoms with Crippen molar-refractivity contribution in [1.29, 1.82) is 0 Å². The standard InChI is InChI=1S/C12H20O6/c1-3-17-10(14)8-6-5-7-9(13)11(15)12(16)18-4-2/h6,8-9,11,13,15H,3-5,7H2,1-2H3/b8-6+/t9-,11+/m1/s1. The second kappa shape index (κ2) is 9.61. The lowest BCUT2D eigenvalue weighted by atomic mass is 10.1. The minimum atomic E-state index is -1.55. The third-order valence-corrected chi connectivity index (χ3v) is 2.06. The van der Waals surface area contributed by atoms with Crippen molar-refractivity contribution >= 4 is 11.9 Å². The van der Waals surface area contributed by atoms with Crippen molar-refractivity contribution in [3.8, 4) is 0 Å². The van der Waals surface area contributed by atoms with Crippen LogP contribution in [0.5, 0.6) is 0 Å². The Morgan fingerprint density at radius 2 is 1.78 bits per heavy atom.